The Bertz CT molecular complexity index is 550. The van der Waals surface area contributed by atoms with Crippen LogP contribution in [0.5, 0.6) is 0 Å². The highest BCUT2D eigenvalue weighted by Gasteiger charge is 2.07. The lowest BCUT2D eigenvalue weighted by atomic mass is 10.0. The van der Waals surface area contributed by atoms with Gasteiger partial charge in [0.1, 0.15) is 4.60 Å². The number of imidazole rings is 1. The molecular weight excluding hydrogens is 316 g/mol. The van der Waals surface area contributed by atoms with Gasteiger partial charge in [0.05, 0.1) is 18.1 Å². The van der Waals surface area contributed by atoms with E-state index in [1.54, 1.807) is 6.20 Å². The van der Waals surface area contributed by atoms with Crippen LogP contribution in [0.3, 0.4) is 0 Å². The van der Waals surface area contributed by atoms with E-state index >= 15 is 0 Å². The van der Waals surface area contributed by atoms with Gasteiger partial charge >= 0.3 is 0 Å². The van der Waals surface area contributed by atoms with Crippen LogP contribution in [0.4, 0.5) is 0 Å². The van der Waals surface area contributed by atoms with Gasteiger partial charge in [-0.1, -0.05) is 26.7 Å². The molecule has 0 amide bonds. The summed E-state index contributed by atoms with van der Waals surface area (Å²) in [4.78, 5) is 8.55. The molecule has 0 saturated carbocycles. The Morgan fingerprint density at radius 1 is 1.20 bits per heavy atom. The van der Waals surface area contributed by atoms with E-state index in [4.69, 9.17) is 0 Å². The van der Waals surface area contributed by atoms with E-state index in [1.165, 1.54) is 25.0 Å². The smallest absolute Gasteiger partial charge is 0.155 e. The Morgan fingerprint density at radius 2 is 2.00 bits per heavy atom. The van der Waals surface area contributed by atoms with Crippen molar-refractivity contribution in [1.29, 1.82) is 0 Å². The summed E-state index contributed by atoms with van der Waals surface area (Å²) in [7, 11) is 0. The average Bonchev–Trinajstić information content (AvgIpc) is 2.78. The zero-order valence-corrected chi connectivity index (χ0v) is 14.0. The lowest BCUT2D eigenvalue weighted by Crippen LogP contribution is -2.26. The molecule has 2 heterocycles. The fourth-order valence-corrected chi connectivity index (χ4v) is 2.57. The Balaban J connectivity index is 1.87. The van der Waals surface area contributed by atoms with Crippen LogP contribution >= 0.6 is 15.9 Å². The Labute approximate surface area is 129 Å². The maximum atomic E-state index is 4.36. The Kier molecular flexibility index (Phi) is 5.54. The van der Waals surface area contributed by atoms with Crippen molar-refractivity contribution in [3.8, 4) is 0 Å². The molecule has 20 heavy (non-hydrogen) atoms. The second-order valence-corrected chi connectivity index (χ2v) is 6.61. The normalized spacial score (nSPS) is 13.2. The summed E-state index contributed by atoms with van der Waals surface area (Å²) in [5.41, 5.74) is 2.05. The number of fused-ring (bicyclic) bond motifs is 1. The molecule has 2 rings (SSSR count). The predicted molar refractivity (Wildman–Crippen MR) is 85.7 cm³/mol. The highest BCUT2D eigenvalue weighted by Crippen LogP contribution is 2.12. The molecule has 0 bridgehead atoms. The quantitative estimate of drug-likeness (QED) is 0.834. The SMILES string of the molecule is CC(C)CCCC(C)NCc1cnc2cnc(Br)cn12. The molecule has 0 radical (unpaired) electrons. The van der Waals surface area contributed by atoms with Crippen LogP contribution in [-0.2, 0) is 6.54 Å². The molecule has 1 unspecified atom stereocenters. The lowest BCUT2D eigenvalue weighted by molar-refractivity contribution is 0.454. The van der Waals surface area contributed by atoms with E-state index < -0.39 is 0 Å². The topological polar surface area (TPSA) is 42.2 Å². The first kappa shape index (κ1) is 15.4. The van der Waals surface area contributed by atoms with E-state index in [0.29, 0.717) is 6.04 Å². The lowest BCUT2D eigenvalue weighted by Gasteiger charge is -2.14. The largest absolute Gasteiger partial charge is 0.309 e. The molecule has 5 heteroatoms. The van der Waals surface area contributed by atoms with E-state index in [2.05, 4.69) is 56.4 Å². The third kappa shape index (κ3) is 4.28. The van der Waals surface area contributed by atoms with Crippen LogP contribution in [0.25, 0.3) is 5.65 Å². The molecule has 4 nitrogen and oxygen atoms in total. The minimum atomic E-state index is 0.532. The van der Waals surface area contributed by atoms with Crippen LogP contribution in [-0.4, -0.2) is 20.4 Å². The molecule has 0 saturated heterocycles. The van der Waals surface area contributed by atoms with Crippen LogP contribution < -0.4 is 5.32 Å². The molecule has 0 spiro atoms. The van der Waals surface area contributed by atoms with Gasteiger partial charge in [-0.05, 0) is 35.2 Å². The molecule has 1 N–H and O–H groups in total. The van der Waals surface area contributed by atoms with Gasteiger partial charge in [-0.15, -0.1) is 0 Å². The average molecular weight is 339 g/mol. The van der Waals surface area contributed by atoms with Crippen molar-refractivity contribution < 1.29 is 0 Å². The van der Waals surface area contributed by atoms with Crippen molar-refractivity contribution in [3.05, 3.63) is 28.9 Å². The van der Waals surface area contributed by atoms with Crippen LogP contribution in [0.2, 0.25) is 0 Å². The van der Waals surface area contributed by atoms with Gasteiger partial charge in [-0.2, -0.15) is 0 Å². The van der Waals surface area contributed by atoms with Crippen LogP contribution in [0.15, 0.2) is 23.2 Å². The monoisotopic (exact) mass is 338 g/mol. The van der Waals surface area contributed by atoms with Crippen LogP contribution in [0.1, 0.15) is 45.7 Å². The highest BCUT2D eigenvalue weighted by atomic mass is 79.9. The van der Waals surface area contributed by atoms with E-state index in [0.717, 1.165) is 22.7 Å². The minimum absolute atomic E-state index is 0.532. The van der Waals surface area contributed by atoms with Crippen LogP contribution in [0, 0.1) is 5.92 Å². The number of rotatable bonds is 7. The summed E-state index contributed by atoms with van der Waals surface area (Å²) < 4.78 is 2.90. The number of nitrogens with one attached hydrogen (secondary N) is 1. The van der Waals surface area contributed by atoms with Crippen molar-refractivity contribution >= 4 is 21.6 Å². The van der Waals surface area contributed by atoms with Crippen molar-refractivity contribution in [2.45, 2.75) is 52.6 Å². The van der Waals surface area contributed by atoms with Crippen molar-refractivity contribution in [1.82, 2.24) is 19.7 Å². The maximum absolute atomic E-state index is 4.36. The van der Waals surface area contributed by atoms with Gasteiger partial charge < -0.3 is 5.32 Å². The first-order valence-electron chi connectivity index (χ1n) is 7.27. The van der Waals surface area contributed by atoms with Gasteiger partial charge in [0.2, 0.25) is 0 Å². The van der Waals surface area contributed by atoms with Gasteiger partial charge in [-0.3, -0.25) is 4.40 Å². The third-order valence-corrected chi connectivity index (χ3v) is 3.90. The molecule has 0 aromatic carbocycles. The summed E-state index contributed by atoms with van der Waals surface area (Å²) in [6.07, 6.45) is 9.47. The molecule has 0 aliphatic carbocycles. The first-order chi connectivity index (χ1) is 9.56. The molecule has 2 aromatic heterocycles. The minimum Gasteiger partial charge on any atom is -0.309 e. The Hall–Kier alpha value is -0.940. The van der Waals surface area contributed by atoms with E-state index in [-0.39, 0.29) is 0 Å². The third-order valence-electron chi connectivity index (χ3n) is 3.49. The van der Waals surface area contributed by atoms with E-state index in [9.17, 15) is 0 Å². The fraction of sp³-hybridized carbons (Fsp3) is 0.600. The molecule has 0 fully saturated rings. The zero-order chi connectivity index (χ0) is 14.5. The summed E-state index contributed by atoms with van der Waals surface area (Å²) in [6.45, 7) is 7.65. The molecule has 110 valence electrons. The van der Waals surface area contributed by atoms with Gasteiger partial charge in [0.25, 0.3) is 0 Å². The number of hydrogen-bond donors (Lipinski definition) is 1. The molecule has 0 aliphatic heterocycles. The van der Waals surface area contributed by atoms with Crippen molar-refractivity contribution in [2.24, 2.45) is 5.92 Å². The standard InChI is InChI=1S/C15H23BrN4/c1-11(2)5-4-6-12(3)17-7-13-8-19-15-9-18-14(16)10-20(13)15/h8-12,17H,4-7H2,1-3H3. The number of nitrogens with zero attached hydrogens (tertiary/aromatic N) is 3. The van der Waals surface area contributed by atoms with Crippen molar-refractivity contribution in [3.63, 3.8) is 0 Å². The summed E-state index contributed by atoms with van der Waals surface area (Å²) in [5, 5.41) is 3.57. The van der Waals surface area contributed by atoms with Gasteiger partial charge in [-0.25, -0.2) is 9.97 Å². The first-order valence-corrected chi connectivity index (χ1v) is 8.06. The number of aromatic nitrogens is 3. The van der Waals surface area contributed by atoms with Gasteiger partial charge in [0, 0.05) is 18.8 Å². The summed E-state index contributed by atoms with van der Waals surface area (Å²) >= 11 is 3.40. The Morgan fingerprint density at radius 3 is 2.75 bits per heavy atom. The number of hydrogen-bond acceptors (Lipinski definition) is 3. The maximum Gasteiger partial charge on any atom is 0.155 e. The summed E-state index contributed by atoms with van der Waals surface area (Å²) in [5.74, 6) is 0.797. The zero-order valence-electron chi connectivity index (χ0n) is 12.4. The molecule has 1 atom stereocenters. The summed E-state index contributed by atoms with van der Waals surface area (Å²) in [6, 6.07) is 0.532. The number of halogens is 1. The second kappa shape index (κ2) is 7.18. The van der Waals surface area contributed by atoms with E-state index in [1.807, 2.05) is 12.4 Å². The van der Waals surface area contributed by atoms with Gasteiger partial charge in [0.15, 0.2) is 5.65 Å². The predicted octanol–water partition coefficient (Wildman–Crippen LogP) is 3.80. The van der Waals surface area contributed by atoms with Crippen molar-refractivity contribution in [2.75, 3.05) is 0 Å². The highest BCUT2D eigenvalue weighted by molar-refractivity contribution is 9.10. The second-order valence-electron chi connectivity index (χ2n) is 5.79. The fourth-order valence-electron chi connectivity index (χ4n) is 2.26. The molecular formula is C15H23BrN4. The molecule has 0 aliphatic rings. The molecule has 2 aromatic rings.